The summed E-state index contributed by atoms with van der Waals surface area (Å²) in [4.78, 5) is 32.6. The Hall–Kier alpha value is -2.40. The Bertz CT molecular complexity index is 871. The maximum atomic E-state index is 13.5. The van der Waals surface area contributed by atoms with Crippen molar-refractivity contribution in [3.63, 3.8) is 0 Å². The molecule has 2 aliphatic rings. The number of aromatic nitrogens is 1. The van der Waals surface area contributed by atoms with Crippen LogP contribution in [-0.4, -0.2) is 40.8 Å². The Morgan fingerprint density at radius 2 is 2.11 bits per heavy atom. The highest BCUT2D eigenvalue weighted by Gasteiger charge is 2.49. The average Bonchev–Trinajstić information content (AvgIpc) is 2.71. The van der Waals surface area contributed by atoms with Crippen molar-refractivity contribution >= 4 is 24.1 Å². The zero-order valence-corrected chi connectivity index (χ0v) is 16.8. The molecule has 4 rings (SSSR count). The first-order chi connectivity index (χ1) is 13.1. The van der Waals surface area contributed by atoms with Crippen LogP contribution >= 0.6 is 12.4 Å². The third-order valence-electron chi connectivity index (χ3n) is 5.91. The Morgan fingerprint density at radius 1 is 1.25 bits per heavy atom. The van der Waals surface area contributed by atoms with E-state index in [-0.39, 0.29) is 24.1 Å². The van der Waals surface area contributed by atoms with E-state index in [1.165, 1.54) is 0 Å². The number of likely N-dealkylation sites (tertiary alicyclic amines) is 1. The molecule has 2 aromatic rings. The van der Waals surface area contributed by atoms with Gasteiger partial charge in [0.15, 0.2) is 5.78 Å². The van der Waals surface area contributed by atoms with Crippen LogP contribution in [0.15, 0.2) is 42.7 Å². The predicted molar refractivity (Wildman–Crippen MR) is 109 cm³/mol. The van der Waals surface area contributed by atoms with E-state index in [1.54, 1.807) is 19.5 Å². The molecule has 1 aliphatic heterocycles. The van der Waals surface area contributed by atoms with Crippen LogP contribution in [0.2, 0.25) is 0 Å². The smallest absolute Gasteiger partial charge is 0.227 e. The molecule has 1 unspecified atom stereocenters. The lowest BCUT2D eigenvalue weighted by Crippen LogP contribution is -2.61. The zero-order chi connectivity index (χ0) is 18.9. The number of ether oxygens (including phenoxy) is 1. The zero-order valence-electron chi connectivity index (χ0n) is 16.0. The van der Waals surface area contributed by atoms with E-state index in [9.17, 15) is 9.59 Å². The van der Waals surface area contributed by atoms with Crippen LogP contribution in [0.3, 0.4) is 0 Å². The Balaban J connectivity index is 0.00000225. The van der Waals surface area contributed by atoms with Crippen molar-refractivity contribution in [1.82, 2.24) is 9.88 Å². The highest BCUT2D eigenvalue weighted by molar-refractivity contribution is 6.07. The number of aryl methyl sites for hydroxylation is 1. The molecule has 1 aliphatic carbocycles. The van der Waals surface area contributed by atoms with Crippen LogP contribution in [0.1, 0.15) is 47.2 Å². The van der Waals surface area contributed by atoms with Gasteiger partial charge >= 0.3 is 0 Å². The number of nitrogens with zero attached hydrogens (tertiary/aromatic N) is 2. The highest BCUT2D eigenvalue weighted by Crippen LogP contribution is 2.41. The number of pyridine rings is 1. The molecule has 5 nitrogen and oxygen atoms in total. The number of carbonyl (C=O) groups excluding carboxylic acids is 2. The molecule has 0 saturated carbocycles. The van der Waals surface area contributed by atoms with Gasteiger partial charge in [0.2, 0.25) is 5.91 Å². The fourth-order valence-electron chi connectivity index (χ4n) is 4.50. The molecule has 0 radical (unpaired) electrons. The van der Waals surface area contributed by atoms with Gasteiger partial charge in [0, 0.05) is 24.5 Å². The van der Waals surface area contributed by atoms with Crippen molar-refractivity contribution in [3.05, 3.63) is 59.4 Å². The van der Waals surface area contributed by atoms with E-state index in [0.29, 0.717) is 19.4 Å². The number of ketones is 1. The van der Waals surface area contributed by atoms with Crippen molar-refractivity contribution in [3.8, 4) is 5.75 Å². The molecule has 0 bridgehead atoms. The van der Waals surface area contributed by atoms with E-state index >= 15 is 0 Å². The summed E-state index contributed by atoms with van der Waals surface area (Å²) in [5.41, 5.74) is 1.95. The van der Waals surface area contributed by atoms with Crippen LogP contribution in [0.5, 0.6) is 5.75 Å². The summed E-state index contributed by atoms with van der Waals surface area (Å²) < 4.78 is 5.30. The lowest BCUT2D eigenvalue weighted by Gasteiger charge is -2.48. The van der Waals surface area contributed by atoms with Gasteiger partial charge in [-0.3, -0.25) is 14.6 Å². The molecular weight excluding hydrogens is 376 g/mol. The minimum absolute atomic E-state index is 0. The van der Waals surface area contributed by atoms with E-state index in [0.717, 1.165) is 48.1 Å². The number of hydrogen-bond donors (Lipinski definition) is 0. The van der Waals surface area contributed by atoms with Gasteiger partial charge in [-0.25, -0.2) is 0 Å². The molecule has 1 spiro atoms. The lowest BCUT2D eigenvalue weighted by atomic mass is 9.71. The van der Waals surface area contributed by atoms with Crippen LogP contribution < -0.4 is 4.74 Å². The van der Waals surface area contributed by atoms with Crippen molar-refractivity contribution in [2.24, 2.45) is 0 Å². The number of halogens is 1. The number of fused-ring (bicyclic) bond motifs is 1. The largest absolute Gasteiger partial charge is 0.497 e. The molecule has 148 valence electrons. The maximum absolute atomic E-state index is 13.5. The van der Waals surface area contributed by atoms with E-state index < -0.39 is 5.54 Å². The van der Waals surface area contributed by atoms with Gasteiger partial charge in [0.1, 0.15) is 11.3 Å². The molecule has 1 saturated heterocycles. The number of benzene rings is 1. The van der Waals surface area contributed by atoms with Crippen LogP contribution in [0.4, 0.5) is 0 Å². The first-order valence-electron chi connectivity index (χ1n) is 9.55. The molecule has 1 aromatic heterocycles. The van der Waals surface area contributed by atoms with Gasteiger partial charge in [-0.1, -0.05) is 6.07 Å². The molecule has 1 atom stereocenters. The van der Waals surface area contributed by atoms with Gasteiger partial charge in [0.25, 0.3) is 0 Å². The highest BCUT2D eigenvalue weighted by atomic mass is 35.5. The van der Waals surface area contributed by atoms with Crippen LogP contribution in [-0.2, 0) is 17.6 Å². The topological polar surface area (TPSA) is 59.5 Å². The predicted octanol–water partition coefficient (Wildman–Crippen LogP) is 3.63. The first-order valence-corrected chi connectivity index (χ1v) is 9.55. The maximum Gasteiger partial charge on any atom is 0.227 e. The molecule has 28 heavy (non-hydrogen) atoms. The number of amides is 1. The van der Waals surface area contributed by atoms with Crippen molar-refractivity contribution in [2.75, 3.05) is 13.7 Å². The number of Topliss-reactive ketones (excluding diaryl/α,β-unsaturated/α-hetero) is 1. The molecule has 6 heteroatoms. The number of methoxy groups -OCH3 is 1. The van der Waals surface area contributed by atoms with Crippen LogP contribution in [0.25, 0.3) is 0 Å². The van der Waals surface area contributed by atoms with Gasteiger partial charge in [-0.05, 0) is 67.5 Å². The van der Waals surface area contributed by atoms with Crippen molar-refractivity contribution in [2.45, 2.75) is 44.1 Å². The molecule has 0 N–H and O–H groups in total. The summed E-state index contributed by atoms with van der Waals surface area (Å²) in [6.45, 7) is 0.649. The Kier molecular flexibility index (Phi) is 6.04. The molecule has 1 aromatic carbocycles. The fraction of sp³-hybridized carbons (Fsp3) is 0.409. The minimum Gasteiger partial charge on any atom is -0.497 e. The number of hydrogen-bond acceptors (Lipinski definition) is 4. The van der Waals surface area contributed by atoms with Crippen molar-refractivity contribution < 1.29 is 14.3 Å². The second kappa shape index (κ2) is 8.31. The number of carbonyl (C=O) groups is 2. The van der Waals surface area contributed by atoms with E-state index in [1.807, 2.05) is 35.2 Å². The summed E-state index contributed by atoms with van der Waals surface area (Å²) in [7, 11) is 1.63. The lowest BCUT2D eigenvalue weighted by molar-refractivity contribution is -0.137. The Morgan fingerprint density at radius 3 is 2.86 bits per heavy atom. The normalized spacial score (nSPS) is 21.0. The molecule has 1 fully saturated rings. The van der Waals surface area contributed by atoms with Gasteiger partial charge in [-0.2, -0.15) is 0 Å². The molecule has 1 amide bonds. The van der Waals surface area contributed by atoms with Gasteiger partial charge in [-0.15, -0.1) is 12.4 Å². The minimum atomic E-state index is -0.695. The van der Waals surface area contributed by atoms with Crippen molar-refractivity contribution in [1.29, 1.82) is 0 Å². The monoisotopic (exact) mass is 400 g/mol. The second-order valence-electron chi connectivity index (χ2n) is 7.42. The second-order valence-corrected chi connectivity index (χ2v) is 7.42. The molecular formula is C22H25ClN2O3. The third-order valence-corrected chi connectivity index (χ3v) is 5.91. The Labute approximate surface area is 171 Å². The molecule has 2 heterocycles. The standard InChI is InChI=1S/C22H24N2O3.ClH/c1-27-18-6-7-19-17(14-18)8-10-22(21(19)26)9-2-3-12-24(22)20(25)13-16-5-4-11-23-15-16;/h4-7,11,14-15H,2-3,8-10,12-13H2,1H3;1H. The first kappa shape index (κ1) is 20.3. The summed E-state index contributed by atoms with van der Waals surface area (Å²) >= 11 is 0. The van der Waals surface area contributed by atoms with E-state index in [2.05, 4.69) is 4.98 Å². The number of piperidine rings is 1. The SMILES string of the molecule is COc1ccc2c(c1)CCC1(CCCCN1C(=O)Cc1cccnc1)C2=O.Cl. The quantitative estimate of drug-likeness (QED) is 0.789. The summed E-state index contributed by atoms with van der Waals surface area (Å²) in [5, 5.41) is 0. The van der Waals surface area contributed by atoms with E-state index in [4.69, 9.17) is 4.74 Å². The van der Waals surface area contributed by atoms with Gasteiger partial charge < -0.3 is 9.64 Å². The summed E-state index contributed by atoms with van der Waals surface area (Å²) in [6, 6.07) is 9.39. The summed E-state index contributed by atoms with van der Waals surface area (Å²) in [6.07, 6.45) is 7.86. The van der Waals surface area contributed by atoms with Gasteiger partial charge in [0.05, 0.1) is 13.5 Å². The average molecular weight is 401 g/mol. The fourth-order valence-corrected chi connectivity index (χ4v) is 4.50. The third kappa shape index (κ3) is 3.51. The summed E-state index contributed by atoms with van der Waals surface area (Å²) in [5.74, 6) is 0.879. The van der Waals surface area contributed by atoms with Crippen LogP contribution in [0, 0.1) is 0 Å². The number of rotatable bonds is 3.